The summed E-state index contributed by atoms with van der Waals surface area (Å²) in [6, 6.07) is 8.17. The second kappa shape index (κ2) is 13.1. The Labute approximate surface area is 200 Å². The van der Waals surface area contributed by atoms with Gasteiger partial charge in [-0.25, -0.2) is 4.98 Å². The van der Waals surface area contributed by atoms with E-state index in [1.165, 1.54) is 0 Å². The highest BCUT2D eigenvalue weighted by Crippen LogP contribution is 2.18. The number of aromatic nitrogens is 1. The van der Waals surface area contributed by atoms with Crippen molar-refractivity contribution in [3.05, 3.63) is 45.9 Å². The summed E-state index contributed by atoms with van der Waals surface area (Å²) in [6.45, 7) is 8.58. The molecule has 1 aromatic carbocycles. The Balaban J connectivity index is 0.00000320. The Hall–Kier alpha value is -1.43. The first-order chi connectivity index (χ1) is 14.2. The van der Waals surface area contributed by atoms with Crippen molar-refractivity contribution in [2.75, 3.05) is 53.6 Å². The number of nitrogens with zero attached hydrogens (tertiary/aromatic N) is 4. The van der Waals surface area contributed by atoms with Gasteiger partial charge in [-0.1, -0.05) is 18.2 Å². The van der Waals surface area contributed by atoms with E-state index in [4.69, 9.17) is 9.47 Å². The number of aryl methyl sites for hydroxylation is 1. The fourth-order valence-electron chi connectivity index (χ4n) is 3.26. The largest absolute Gasteiger partial charge is 0.492 e. The van der Waals surface area contributed by atoms with Crippen molar-refractivity contribution in [2.45, 2.75) is 20.0 Å². The highest BCUT2D eigenvalue weighted by Gasteiger charge is 2.12. The maximum Gasteiger partial charge on any atom is 0.194 e. The van der Waals surface area contributed by atoms with E-state index in [1.54, 1.807) is 18.4 Å². The lowest BCUT2D eigenvalue weighted by molar-refractivity contribution is 0.0322. The van der Waals surface area contributed by atoms with E-state index < -0.39 is 0 Å². The van der Waals surface area contributed by atoms with Crippen molar-refractivity contribution in [2.24, 2.45) is 4.99 Å². The number of ether oxygens (including phenoxy) is 2. The van der Waals surface area contributed by atoms with Gasteiger partial charge in [0.05, 0.1) is 30.5 Å². The van der Waals surface area contributed by atoms with Gasteiger partial charge in [-0.05, 0) is 13.0 Å². The molecule has 0 aliphatic carbocycles. The SMILES string of the molecule is CN=C(NCc1ccccc1OCCN1CCOCC1)N(C)Cc1csc(C)n1.I. The van der Waals surface area contributed by atoms with Gasteiger partial charge in [-0.15, -0.1) is 35.3 Å². The lowest BCUT2D eigenvalue weighted by Gasteiger charge is -2.26. The Bertz CT molecular complexity index is 795. The zero-order chi connectivity index (χ0) is 20.5. The van der Waals surface area contributed by atoms with Crippen molar-refractivity contribution in [3.8, 4) is 5.75 Å². The molecule has 0 atom stereocenters. The highest BCUT2D eigenvalue weighted by molar-refractivity contribution is 14.0. The molecular weight excluding hydrogens is 513 g/mol. The molecule has 0 saturated carbocycles. The van der Waals surface area contributed by atoms with Crippen molar-refractivity contribution in [3.63, 3.8) is 0 Å². The van der Waals surface area contributed by atoms with Crippen LogP contribution in [0.4, 0.5) is 0 Å². The van der Waals surface area contributed by atoms with E-state index in [1.807, 2.05) is 32.2 Å². The second-order valence-corrected chi connectivity index (χ2v) is 8.09. The van der Waals surface area contributed by atoms with E-state index in [0.29, 0.717) is 13.2 Å². The Morgan fingerprint density at radius 3 is 2.80 bits per heavy atom. The first-order valence-corrected chi connectivity index (χ1v) is 10.9. The molecule has 2 heterocycles. The molecule has 1 saturated heterocycles. The molecule has 0 amide bonds. The number of hydrogen-bond acceptors (Lipinski definition) is 6. The lowest BCUT2D eigenvalue weighted by Crippen LogP contribution is -2.39. The number of guanidine groups is 1. The first-order valence-electron chi connectivity index (χ1n) is 9.99. The van der Waals surface area contributed by atoms with Crippen molar-refractivity contribution < 1.29 is 9.47 Å². The van der Waals surface area contributed by atoms with E-state index in [9.17, 15) is 0 Å². The molecule has 166 valence electrons. The van der Waals surface area contributed by atoms with Crippen LogP contribution >= 0.6 is 35.3 Å². The molecule has 0 spiro atoms. The number of nitrogens with one attached hydrogen (secondary N) is 1. The van der Waals surface area contributed by atoms with Crippen LogP contribution in [0.25, 0.3) is 0 Å². The monoisotopic (exact) mass is 545 g/mol. The maximum atomic E-state index is 6.08. The molecule has 3 rings (SSSR count). The van der Waals surface area contributed by atoms with Crippen LogP contribution in [0.5, 0.6) is 5.75 Å². The first kappa shape index (κ1) is 24.8. The average molecular weight is 545 g/mol. The normalized spacial score (nSPS) is 14.8. The Morgan fingerprint density at radius 1 is 1.33 bits per heavy atom. The molecule has 1 aliphatic rings. The molecule has 9 heteroatoms. The van der Waals surface area contributed by atoms with Gasteiger partial charge in [0.1, 0.15) is 12.4 Å². The summed E-state index contributed by atoms with van der Waals surface area (Å²) in [5.41, 5.74) is 2.18. The molecule has 30 heavy (non-hydrogen) atoms. The van der Waals surface area contributed by atoms with E-state index >= 15 is 0 Å². The minimum Gasteiger partial charge on any atom is -0.492 e. The molecule has 1 N–H and O–H groups in total. The minimum absolute atomic E-state index is 0. The van der Waals surface area contributed by atoms with Gasteiger partial charge in [-0.3, -0.25) is 9.89 Å². The fraction of sp³-hybridized carbons (Fsp3) is 0.524. The molecular formula is C21H32IN5O2S. The van der Waals surface area contributed by atoms with E-state index in [0.717, 1.165) is 67.4 Å². The van der Waals surface area contributed by atoms with Crippen molar-refractivity contribution in [1.82, 2.24) is 20.1 Å². The third kappa shape index (κ3) is 7.68. The molecule has 7 nitrogen and oxygen atoms in total. The molecule has 2 aromatic rings. The van der Waals surface area contributed by atoms with Crippen LogP contribution in [0.3, 0.4) is 0 Å². The smallest absolute Gasteiger partial charge is 0.194 e. The fourth-order valence-corrected chi connectivity index (χ4v) is 3.86. The van der Waals surface area contributed by atoms with Crippen LogP contribution in [0.1, 0.15) is 16.3 Å². The number of benzene rings is 1. The van der Waals surface area contributed by atoms with Crippen LogP contribution in [-0.2, 0) is 17.8 Å². The number of halogens is 1. The molecule has 1 aliphatic heterocycles. The molecule has 1 fully saturated rings. The van der Waals surface area contributed by atoms with Crippen LogP contribution in [0.2, 0.25) is 0 Å². The van der Waals surface area contributed by atoms with Gasteiger partial charge in [0, 0.05) is 51.2 Å². The predicted octanol–water partition coefficient (Wildman–Crippen LogP) is 2.99. The summed E-state index contributed by atoms with van der Waals surface area (Å²) in [5, 5.41) is 6.61. The van der Waals surface area contributed by atoms with Gasteiger partial charge in [0.25, 0.3) is 0 Å². The van der Waals surface area contributed by atoms with E-state index in [-0.39, 0.29) is 24.0 Å². The zero-order valence-corrected chi connectivity index (χ0v) is 21.1. The average Bonchev–Trinajstić information content (AvgIpc) is 3.15. The number of thiazole rings is 1. The predicted molar refractivity (Wildman–Crippen MR) is 133 cm³/mol. The topological polar surface area (TPSA) is 62.2 Å². The summed E-state index contributed by atoms with van der Waals surface area (Å²) in [4.78, 5) is 13.4. The Kier molecular flexibility index (Phi) is 10.8. The maximum absolute atomic E-state index is 6.08. The van der Waals surface area contributed by atoms with Crippen molar-refractivity contribution >= 4 is 41.3 Å². The number of hydrogen-bond donors (Lipinski definition) is 1. The van der Waals surface area contributed by atoms with Gasteiger partial charge < -0.3 is 19.7 Å². The number of para-hydroxylation sites is 1. The standard InChI is InChI=1S/C21H31N5O2S.HI/c1-17-24-19(16-29-17)15-25(3)21(22-2)23-14-18-6-4-5-7-20(18)28-13-10-26-8-11-27-12-9-26;/h4-7,16H,8-15H2,1-3H3,(H,22,23);1H. The summed E-state index contributed by atoms with van der Waals surface area (Å²) < 4.78 is 11.5. The summed E-state index contributed by atoms with van der Waals surface area (Å²) in [6.07, 6.45) is 0. The Morgan fingerprint density at radius 2 is 2.10 bits per heavy atom. The van der Waals surface area contributed by atoms with Gasteiger partial charge in [0.15, 0.2) is 5.96 Å². The third-order valence-electron chi connectivity index (χ3n) is 4.82. The van der Waals surface area contributed by atoms with Gasteiger partial charge in [-0.2, -0.15) is 0 Å². The highest BCUT2D eigenvalue weighted by atomic mass is 127. The summed E-state index contributed by atoms with van der Waals surface area (Å²) in [7, 11) is 3.82. The lowest BCUT2D eigenvalue weighted by atomic mass is 10.2. The van der Waals surface area contributed by atoms with Crippen LogP contribution in [-0.4, -0.2) is 74.3 Å². The van der Waals surface area contributed by atoms with Crippen LogP contribution < -0.4 is 10.1 Å². The van der Waals surface area contributed by atoms with Crippen LogP contribution in [0.15, 0.2) is 34.6 Å². The zero-order valence-electron chi connectivity index (χ0n) is 18.0. The molecule has 0 radical (unpaired) electrons. The quantitative estimate of drug-likeness (QED) is 0.313. The van der Waals surface area contributed by atoms with Crippen LogP contribution in [0, 0.1) is 6.92 Å². The molecule has 1 aromatic heterocycles. The number of aliphatic imine (C=N–C) groups is 1. The molecule has 0 bridgehead atoms. The number of morpholine rings is 1. The minimum atomic E-state index is 0. The summed E-state index contributed by atoms with van der Waals surface area (Å²) >= 11 is 1.67. The summed E-state index contributed by atoms with van der Waals surface area (Å²) in [5.74, 6) is 1.75. The van der Waals surface area contributed by atoms with Gasteiger partial charge in [0.2, 0.25) is 0 Å². The second-order valence-electron chi connectivity index (χ2n) is 7.02. The van der Waals surface area contributed by atoms with E-state index in [2.05, 4.69) is 36.5 Å². The van der Waals surface area contributed by atoms with Gasteiger partial charge >= 0.3 is 0 Å². The molecule has 0 unspecified atom stereocenters. The van der Waals surface area contributed by atoms with Crippen molar-refractivity contribution in [1.29, 1.82) is 0 Å². The number of rotatable bonds is 8. The third-order valence-corrected chi connectivity index (χ3v) is 5.64.